The molecule has 1 atom stereocenters. The van der Waals surface area contributed by atoms with E-state index in [2.05, 4.69) is 20.5 Å². The Hall–Kier alpha value is -0.890. The highest BCUT2D eigenvalue weighted by atomic mass is 16.5. The fraction of sp³-hybridized carbons (Fsp3) is 0.944. The van der Waals surface area contributed by atoms with Crippen molar-refractivity contribution in [3.05, 3.63) is 0 Å². The summed E-state index contributed by atoms with van der Waals surface area (Å²) in [4.78, 5) is 6.80. The fourth-order valence-electron chi connectivity index (χ4n) is 3.27. The zero-order valence-corrected chi connectivity index (χ0v) is 16.0. The lowest BCUT2D eigenvalue weighted by Crippen LogP contribution is -2.43. The van der Waals surface area contributed by atoms with Crippen molar-refractivity contribution in [2.75, 3.05) is 73.3 Å². The molecule has 2 aliphatic heterocycles. The number of guanidine groups is 1. The molecule has 0 aromatic carbocycles. The highest BCUT2D eigenvalue weighted by molar-refractivity contribution is 5.79. The second-order valence-corrected chi connectivity index (χ2v) is 6.87. The molecule has 0 saturated carbocycles. The van der Waals surface area contributed by atoms with Crippen LogP contribution >= 0.6 is 0 Å². The minimum Gasteiger partial charge on any atom is -0.383 e. The summed E-state index contributed by atoms with van der Waals surface area (Å²) < 4.78 is 16.2. The van der Waals surface area contributed by atoms with Crippen LogP contribution in [0.4, 0.5) is 0 Å². The van der Waals surface area contributed by atoms with Crippen LogP contribution in [0, 0.1) is 5.92 Å². The first-order valence-corrected chi connectivity index (χ1v) is 9.67. The second kappa shape index (κ2) is 12.5. The van der Waals surface area contributed by atoms with E-state index in [0.717, 1.165) is 70.8 Å². The minimum atomic E-state index is 0.298. The molecule has 0 aliphatic carbocycles. The maximum absolute atomic E-state index is 5.77. The Morgan fingerprint density at radius 1 is 1.20 bits per heavy atom. The van der Waals surface area contributed by atoms with Crippen LogP contribution in [0.5, 0.6) is 0 Å². The molecule has 0 spiro atoms. The van der Waals surface area contributed by atoms with Crippen molar-refractivity contribution >= 4 is 5.96 Å². The Labute approximate surface area is 152 Å². The van der Waals surface area contributed by atoms with Crippen LogP contribution < -0.4 is 10.6 Å². The molecule has 0 radical (unpaired) electrons. The van der Waals surface area contributed by atoms with E-state index in [9.17, 15) is 0 Å². The molecule has 25 heavy (non-hydrogen) atoms. The van der Waals surface area contributed by atoms with Gasteiger partial charge in [-0.2, -0.15) is 0 Å². The van der Waals surface area contributed by atoms with E-state index in [1.165, 1.54) is 25.9 Å². The number of rotatable bonds is 10. The zero-order chi connectivity index (χ0) is 17.7. The van der Waals surface area contributed by atoms with E-state index in [1.807, 2.05) is 7.05 Å². The van der Waals surface area contributed by atoms with Crippen molar-refractivity contribution in [3.8, 4) is 0 Å². The normalized spacial score (nSPS) is 23.1. The van der Waals surface area contributed by atoms with Gasteiger partial charge in [-0.3, -0.25) is 4.99 Å². The molecule has 2 saturated heterocycles. The minimum absolute atomic E-state index is 0.298. The lowest BCUT2D eigenvalue weighted by atomic mass is 9.97. The number of hydrogen-bond donors (Lipinski definition) is 2. The van der Waals surface area contributed by atoms with Gasteiger partial charge in [0.05, 0.1) is 19.3 Å². The van der Waals surface area contributed by atoms with Gasteiger partial charge in [0.25, 0.3) is 0 Å². The lowest BCUT2D eigenvalue weighted by molar-refractivity contribution is 0.0420. The van der Waals surface area contributed by atoms with Crippen molar-refractivity contribution in [3.63, 3.8) is 0 Å². The SMILES string of the molecule is CN=C(NCCCOC1CCOC1)NCC1CCN(CCOC)CC1. The molecule has 2 fully saturated rings. The summed E-state index contributed by atoms with van der Waals surface area (Å²) in [7, 11) is 3.60. The summed E-state index contributed by atoms with van der Waals surface area (Å²) >= 11 is 0. The number of nitrogens with one attached hydrogen (secondary N) is 2. The van der Waals surface area contributed by atoms with Gasteiger partial charge in [0.2, 0.25) is 0 Å². The predicted octanol–water partition coefficient (Wildman–Crippen LogP) is 0.705. The van der Waals surface area contributed by atoms with Gasteiger partial charge in [0.15, 0.2) is 5.96 Å². The van der Waals surface area contributed by atoms with Gasteiger partial charge >= 0.3 is 0 Å². The largest absolute Gasteiger partial charge is 0.383 e. The first-order chi connectivity index (χ1) is 12.3. The van der Waals surface area contributed by atoms with E-state index in [1.54, 1.807) is 7.11 Å². The molecule has 2 aliphatic rings. The van der Waals surface area contributed by atoms with Crippen LogP contribution in [0.25, 0.3) is 0 Å². The number of hydrogen-bond acceptors (Lipinski definition) is 5. The Morgan fingerprint density at radius 2 is 2.04 bits per heavy atom. The van der Waals surface area contributed by atoms with Crippen molar-refractivity contribution in [1.82, 2.24) is 15.5 Å². The van der Waals surface area contributed by atoms with Crippen LogP contribution in [-0.4, -0.2) is 90.3 Å². The van der Waals surface area contributed by atoms with Crippen molar-refractivity contribution in [2.24, 2.45) is 10.9 Å². The lowest BCUT2D eigenvalue weighted by Gasteiger charge is -2.32. The molecule has 0 bridgehead atoms. The maximum atomic E-state index is 5.77. The van der Waals surface area contributed by atoms with Gasteiger partial charge in [-0.15, -0.1) is 0 Å². The Kier molecular flexibility index (Phi) is 10.2. The first kappa shape index (κ1) is 20.4. The van der Waals surface area contributed by atoms with E-state index in [0.29, 0.717) is 6.10 Å². The van der Waals surface area contributed by atoms with Gasteiger partial charge in [0, 0.05) is 47.0 Å². The Morgan fingerprint density at radius 3 is 2.72 bits per heavy atom. The van der Waals surface area contributed by atoms with Crippen molar-refractivity contribution in [2.45, 2.75) is 31.8 Å². The number of nitrogens with zero attached hydrogens (tertiary/aromatic N) is 2. The second-order valence-electron chi connectivity index (χ2n) is 6.87. The molecular weight excluding hydrogens is 320 g/mol. The summed E-state index contributed by atoms with van der Waals surface area (Å²) in [5.74, 6) is 1.62. The maximum Gasteiger partial charge on any atom is 0.190 e. The van der Waals surface area contributed by atoms with Crippen LogP contribution in [-0.2, 0) is 14.2 Å². The van der Waals surface area contributed by atoms with E-state index in [4.69, 9.17) is 14.2 Å². The average molecular weight is 357 g/mol. The quantitative estimate of drug-likeness (QED) is 0.341. The summed E-state index contributed by atoms with van der Waals surface area (Å²) in [6, 6.07) is 0. The van der Waals surface area contributed by atoms with Gasteiger partial charge in [0.1, 0.15) is 0 Å². The third-order valence-corrected chi connectivity index (χ3v) is 4.96. The Bertz CT molecular complexity index is 367. The number of aliphatic imine (C=N–C) groups is 1. The highest BCUT2D eigenvalue weighted by Crippen LogP contribution is 2.15. The van der Waals surface area contributed by atoms with Crippen LogP contribution in [0.3, 0.4) is 0 Å². The molecule has 0 amide bonds. The summed E-state index contributed by atoms with van der Waals surface area (Å²) in [6.45, 7) is 8.46. The topological polar surface area (TPSA) is 67.4 Å². The third kappa shape index (κ3) is 8.35. The summed E-state index contributed by atoms with van der Waals surface area (Å²) in [6.07, 6.45) is 4.79. The van der Waals surface area contributed by atoms with E-state index < -0.39 is 0 Å². The summed E-state index contributed by atoms with van der Waals surface area (Å²) in [5.41, 5.74) is 0. The molecule has 7 nitrogen and oxygen atoms in total. The molecule has 1 unspecified atom stereocenters. The molecule has 0 aromatic heterocycles. The zero-order valence-electron chi connectivity index (χ0n) is 16.0. The molecule has 2 N–H and O–H groups in total. The monoisotopic (exact) mass is 356 g/mol. The van der Waals surface area contributed by atoms with Crippen molar-refractivity contribution in [1.29, 1.82) is 0 Å². The smallest absolute Gasteiger partial charge is 0.190 e. The fourth-order valence-corrected chi connectivity index (χ4v) is 3.27. The summed E-state index contributed by atoms with van der Waals surface area (Å²) in [5, 5.41) is 6.84. The average Bonchev–Trinajstić information content (AvgIpc) is 3.16. The van der Waals surface area contributed by atoms with Gasteiger partial charge < -0.3 is 29.7 Å². The van der Waals surface area contributed by atoms with Gasteiger partial charge in [-0.25, -0.2) is 0 Å². The first-order valence-electron chi connectivity index (χ1n) is 9.67. The molecule has 146 valence electrons. The third-order valence-electron chi connectivity index (χ3n) is 4.96. The van der Waals surface area contributed by atoms with Crippen LogP contribution in [0.15, 0.2) is 4.99 Å². The number of methoxy groups -OCH3 is 1. The molecule has 7 heteroatoms. The molecular formula is C18H36N4O3. The van der Waals surface area contributed by atoms with E-state index in [-0.39, 0.29) is 0 Å². The van der Waals surface area contributed by atoms with Gasteiger partial charge in [-0.1, -0.05) is 0 Å². The number of piperidine rings is 1. The molecule has 2 heterocycles. The number of likely N-dealkylation sites (tertiary alicyclic amines) is 1. The van der Waals surface area contributed by atoms with E-state index >= 15 is 0 Å². The number of ether oxygens (including phenoxy) is 3. The van der Waals surface area contributed by atoms with Crippen molar-refractivity contribution < 1.29 is 14.2 Å². The Balaban J connectivity index is 1.49. The molecule has 2 rings (SSSR count). The van der Waals surface area contributed by atoms with Gasteiger partial charge in [-0.05, 0) is 44.7 Å². The van der Waals surface area contributed by atoms with Crippen LogP contribution in [0.1, 0.15) is 25.7 Å². The standard InChI is InChI=1S/C18H36N4O3/c1-19-18(20-7-3-11-25-17-6-12-24-15-17)21-14-16-4-8-22(9-5-16)10-13-23-2/h16-17H,3-15H2,1-2H3,(H2,19,20,21). The van der Waals surface area contributed by atoms with Crippen LogP contribution in [0.2, 0.25) is 0 Å². The predicted molar refractivity (Wildman–Crippen MR) is 100 cm³/mol. The molecule has 0 aromatic rings. The highest BCUT2D eigenvalue weighted by Gasteiger charge is 2.19.